The Hall–Kier alpha value is -1.17. The van der Waals surface area contributed by atoms with Crippen molar-refractivity contribution in [2.75, 3.05) is 0 Å². The molecule has 0 aliphatic carbocycles. The molecular formula is C16H12Br2FNO. The van der Waals surface area contributed by atoms with E-state index in [2.05, 4.69) is 31.9 Å². The van der Waals surface area contributed by atoms with Crippen molar-refractivity contribution in [2.24, 2.45) is 5.73 Å². The van der Waals surface area contributed by atoms with Gasteiger partial charge in [0.25, 0.3) is 0 Å². The van der Waals surface area contributed by atoms with Gasteiger partial charge in [0.05, 0.1) is 6.04 Å². The van der Waals surface area contributed by atoms with Crippen molar-refractivity contribution in [2.45, 2.75) is 13.0 Å². The number of aryl methyl sites for hydroxylation is 1. The van der Waals surface area contributed by atoms with Crippen LogP contribution in [0, 0.1) is 12.7 Å². The first kappa shape index (κ1) is 14.8. The van der Waals surface area contributed by atoms with Crippen molar-refractivity contribution in [3.63, 3.8) is 0 Å². The number of hydrogen-bond acceptors (Lipinski definition) is 2. The van der Waals surface area contributed by atoms with Crippen molar-refractivity contribution >= 4 is 42.8 Å². The molecule has 0 spiro atoms. The SMILES string of the molecule is Cc1c(C(N)c2ccc(Br)cc2F)oc2cc(Br)ccc12. The summed E-state index contributed by atoms with van der Waals surface area (Å²) in [5, 5.41) is 0.987. The van der Waals surface area contributed by atoms with E-state index >= 15 is 0 Å². The number of halogens is 3. The average Bonchev–Trinajstić information content (AvgIpc) is 2.75. The molecule has 0 aliphatic rings. The Morgan fingerprint density at radius 3 is 2.48 bits per heavy atom. The van der Waals surface area contributed by atoms with Crippen molar-refractivity contribution in [1.82, 2.24) is 0 Å². The summed E-state index contributed by atoms with van der Waals surface area (Å²) in [6.45, 7) is 1.94. The minimum absolute atomic E-state index is 0.349. The van der Waals surface area contributed by atoms with Gasteiger partial charge in [0.2, 0.25) is 0 Å². The Bertz CT molecular complexity index is 829. The molecule has 2 aromatic carbocycles. The van der Waals surface area contributed by atoms with Gasteiger partial charge >= 0.3 is 0 Å². The van der Waals surface area contributed by atoms with Gasteiger partial charge < -0.3 is 10.2 Å². The zero-order chi connectivity index (χ0) is 15.1. The van der Waals surface area contributed by atoms with E-state index in [0.29, 0.717) is 15.8 Å². The third kappa shape index (κ3) is 2.65. The van der Waals surface area contributed by atoms with Gasteiger partial charge in [-0.25, -0.2) is 4.39 Å². The molecule has 0 amide bonds. The van der Waals surface area contributed by atoms with E-state index in [1.165, 1.54) is 6.07 Å². The molecular weight excluding hydrogens is 401 g/mol. The lowest BCUT2D eigenvalue weighted by Crippen LogP contribution is -2.13. The summed E-state index contributed by atoms with van der Waals surface area (Å²) in [6, 6.07) is 10.0. The fourth-order valence-corrected chi connectivity index (χ4v) is 3.08. The molecule has 0 bridgehead atoms. The zero-order valence-corrected chi connectivity index (χ0v) is 14.3. The molecule has 1 unspecified atom stereocenters. The molecule has 21 heavy (non-hydrogen) atoms. The highest BCUT2D eigenvalue weighted by Gasteiger charge is 2.21. The maximum Gasteiger partial charge on any atom is 0.135 e. The highest BCUT2D eigenvalue weighted by Crippen LogP contribution is 2.34. The second-order valence-corrected chi connectivity index (χ2v) is 6.71. The lowest BCUT2D eigenvalue weighted by atomic mass is 10.0. The van der Waals surface area contributed by atoms with Gasteiger partial charge in [-0.15, -0.1) is 0 Å². The molecule has 1 aromatic heterocycles. The minimum Gasteiger partial charge on any atom is -0.459 e. The van der Waals surface area contributed by atoms with Crippen LogP contribution in [-0.4, -0.2) is 0 Å². The monoisotopic (exact) mass is 411 g/mol. The van der Waals surface area contributed by atoms with E-state index in [1.54, 1.807) is 12.1 Å². The second kappa shape index (κ2) is 5.55. The first-order valence-electron chi connectivity index (χ1n) is 6.36. The number of hydrogen-bond donors (Lipinski definition) is 1. The molecule has 0 aliphatic heterocycles. The van der Waals surface area contributed by atoms with Crippen LogP contribution in [0.2, 0.25) is 0 Å². The topological polar surface area (TPSA) is 39.2 Å². The van der Waals surface area contributed by atoms with E-state index < -0.39 is 6.04 Å². The first-order chi connectivity index (χ1) is 9.97. The Morgan fingerprint density at radius 2 is 1.76 bits per heavy atom. The summed E-state index contributed by atoms with van der Waals surface area (Å²) in [4.78, 5) is 0. The molecule has 0 saturated heterocycles. The van der Waals surface area contributed by atoms with Crippen LogP contribution in [0.25, 0.3) is 11.0 Å². The Kier molecular flexibility index (Phi) is 3.90. The van der Waals surface area contributed by atoms with Crippen molar-refractivity contribution in [3.8, 4) is 0 Å². The molecule has 1 heterocycles. The lowest BCUT2D eigenvalue weighted by molar-refractivity contribution is 0.506. The number of rotatable bonds is 2. The molecule has 108 valence electrons. The average molecular weight is 413 g/mol. The van der Waals surface area contributed by atoms with E-state index in [0.717, 1.165) is 21.0 Å². The van der Waals surface area contributed by atoms with Crippen LogP contribution in [0.4, 0.5) is 4.39 Å². The molecule has 3 rings (SSSR count). The Morgan fingerprint density at radius 1 is 1.10 bits per heavy atom. The van der Waals surface area contributed by atoms with Gasteiger partial charge in [0, 0.05) is 25.5 Å². The van der Waals surface area contributed by atoms with Gasteiger partial charge in [-0.1, -0.05) is 37.9 Å². The summed E-state index contributed by atoms with van der Waals surface area (Å²) < 4.78 is 21.5. The zero-order valence-electron chi connectivity index (χ0n) is 11.2. The van der Waals surface area contributed by atoms with Crippen molar-refractivity contribution in [1.29, 1.82) is 0 Å². The molecule has 0 radical (unpaired) electrons. The summed E-state index contributed by atoms with van der Waals surface area (Å²) >= 11 is 6.65. The van der Waals surface area contributed by atoms with Gasteiger partial charge in [0.1, 0.15) is 17.2 Å². The molecule has 5 heteroatoms. The van der Waals surface area contributed by atoms with E-state index in [1.807, 2.05) is 25.1 Å². The number of benzene rings is 2. The second-order valence-electron chi connectivity index (χ2n) is 4.88. The maximum absolute atomic E-state index is 14.1. The van der Waals surface area contributed by atoms with Crippen LogP contribution < -0.4 is 5.73 Å². The highest BCUT2D eigenvalue weighted by molar-refractivity contribution is 9.10. The Balaban J connectivity index is 2.13. The van der Waals surface area contributed by atoms with Crippen molar-refractivity contribution < 1.29 is 8.81 Å². The van der Waals surface area contributed by atoms with Crippen molar-refractivity contribution in [3.05, 3.63) is 68.0 Å². The number of nitrogens with two attached hydrogens (primary N) is 1. The fraction of sp³-hybridized carbons (Fsp3) is 0.125. The van der Waals surface area contributed by atoms with Crippen LogP contribution in [0.1, 0.15) is 22.9 Å². The van der Waals surface area contributed by atoms with E-state index in [-0.39, 0.29) is 5.82 Å². The number of fused-ring (bicyclic) bond motifs is 1. The van der Waals surface area contributed by atoms with Crippen LogP contribution in [0.5, 0.6) is 0 Å². The summed E-state index contributed by atoms with van der Waals surface area (Å²) in [6.07, 6.45) is 0. The van der Waals surface area contributed by atoms with Crippen LogP contribution in [-0.2, 0) is 0 Å². The minimum atomic E-state index is -0.635. The standard InChI is InChI=1S/C16H12Br2FNO/c1-8-11-4-2-10(18)7-14(11)21-16(8)15(20)12-5-3-9(17)6-13(12)19/h2-7,15H,20H2,1H3. The maximum atomic E-state index is 14.1. The molecule has 0 saturated carbocycles. The third-order valence-electron chi connectivity index (χ3n) is 3.52. The van der Waals surface area contributed by atoms with Gasteiger partial charge in [-0.2, -0.15) is 0 Å². The largest absolute Gasteiger partial charge is 0.459 e. The van der Waals surface area contributed by atoms with E-state index in [9.17, 15) is 4.39 Å². The summed E-state index contributed by atoms with van der Waals surface area (Å²) in [5.41, 5.74) is 8.30. The van der Waals surface area contributed by atoms with E-state index in [4.69, 9.17) is 10.2 Å². The third-order valence-corrected chi connectivity index (χ3v) is 4.50. The predicted octanol–water partition coefficient (Wildman–Crippen LogP) is 5.45. The molecule has 0 fully saturated rings. The first-order valence-corrected chi connectivity index (χ1v) is 7.95. The lowest BCUT2D eigenvalue weighted by Gasteiger charge is -2.11. The molecule has 3 aromatic rings. The summed E-state index contributed by atoms with van der Waals surface area (Å²) in [5.74, 6) is 0.238. The fourth-order valence-electron chi connectivity index (χ4n) is 2.41. The molecule has 1 atom stereocenters. The highest BCUT2D eigenvalue weighted by atomic mass is 79.9. The van der Waals surface area contributed by atoms with Crippen LogP contribution in [0.15, 0.2) is 49.8 Å². The number of furan rings is 1. The van der Waals surface area contributed by atoms with Crippen LogP contribution in [0.3, 0.4) is 0 Å². The molecule has 2 nitrogen and oxygen atoms in total. The van der Waals surface area contributed by atoms with Gasteiger partial charge in [0.15, 0.2) is 0 Å². The molecule has 2 N–H and O–H groups in total. The van der Waals surface area contributed by atoms with Gasteiger partial charge in [-0.05, 0) is 37.3 Å². The summed E-state index contributed by atoms with van der Waals surface area (Å²) in [7, 11) is 0. The van der Waals surface area contributed by atoms with Gasteiger partial charge in [-0.3, -0.25) is 0 Å². The Labute approximate surface area is 138 Å². The normalized spacial score (nSPS) is 12.8. The quantitative estimate of drug-likeness (QED) is 0.607. The van der Waals surface area contributed by atoms with Crippen LogP contribution >= 0.6 is 31.9 Å². The smallest absolute Gasteiger partial charge is 0.135 e. The predicted molar refractivity (Wildman–Crippen MR) is 88.8 cm³/mol.